The van der Waals surface area contributed by atoms with Gasteiger partial charge in [0.05, 0.1) is 11.5 Å². The molecule has 1 saturated carbocycles. The van der Waals surface area contributed by atoms with Crippen molar-refractivity contribution in [1.29, 1.82) is 5.26 Å². The fourth-order valence-corrected chi connectivity index (χ4v) is 3.84. The quantitative estimate of drug-likeness (QED) is 0.862. The Hall–Kier alpha value is -0.850. The Balaban J connectivity index is 2.21. The van der Waals surface area contributed by atoms with Crippen molar-refractivity contribution in [3.05, 3.63) is 21.9 Å². The van der Waals surface area contributed by atoms with E-state index in [0.29, 0.717) is 0 Å². The summed E-state index contributed by atoms with van der Waals surface area (Å²) in [5, 5.41) is 20.2. The van der Waals surface area contributed by atoms with Gasteiger partial charge in [-0.1, -0.05) is 32.1 Å². The number of aliphatic hydroxyl groups is 1. The average Bonchev–Trinajstić information content (AvgIpc) is 2.76. The smallest absolute Gasteiger partial charge is 0.107 e. The Morgan fingerprint density at radius 1 is 1.22 bits per heavy atom. The van der Waals surface area contributed by atoms with E-state index in [4.69, 9.17) is 0 Å². The summed E-state index contributed by atoms with van der Waals surface area (Å²) < 4.78 is 0. The van der Waals surface area contributed by atoms with Gasteiger partial charge in [0.25, 0.3) is 0 Å². The standard InChI is InChI=1S/C15H21NOS/c1-12-7-8-13(18-12)14(17)15(11-16)9-5-3-2-4-6-10-15/h7-8,14,17H,2-6,9-10H2,1H3. The van der Waals surface area contributed by atoms with E-state index >= 15 is 0 Å². The van der Waals surface area contributed by atoms with E-state index < -0.39 is 11.5 Å². The summed E-state index contributed by atoms with van der Waals surface area (Å²) in [5.74, 6) is 0. The lowest BCUT2D eigenvalue weighted by atomic mass is 9.73. The zero-order valence-corrected chi connectivity index (χ0v) is 11.8. The van der Waals surface area contributed by atoms with E-state index in [2.05, 4.69) is 6.07 Å². The molecule has 3 heteroatoms. The predicted molar refractivity (Wildman–Crippen MR) is 74.4 cm³/mol. The molecule has 0 amide bonds. The number of rotatable bonds is 2. The summed E-state index contributed by atoms with van der Waals surface area (Å²) in [4.78, 5) is 2.15. The summed E-state index contributed by atoms with van der Waals surface area (Å²) in [6.45, 7) is 2.04. The lowest BCUT2D eigenvalue weighted by molar-refractivity contribution is 0.0463. The third-order valence-corrected chi connectivity index (χ3v) is 5.08. The Labute approximate surface area is 113 Å². The Bertz CT molecular complexity index is 424. The molecule has 1 aliphatic rings. The predicted octanol–water partition coefficient (Wildman–Crippen LogP) is 4.34. The first-order chi connectivity index (χ1) is 8.68. The molecule has 1 aromatic heterocycles. The largest absolute Gasteiger partial charge is 0.386 e. The fraction of sp³-hybridized carbons (Fsp3) is 0.667. The molecule has 2 rings (SSSR count). The van der Waals surface area contributed by atoms with Crippen LogP contribution in [0.5, 0.6) is 0 Å². The van der Waals surface area contributed by atoms with Gasteiger partial charge in [-0.25, -0.2) is 0 Å². The first-order valence-electron chi connectivity index (χ1n) is 6.84. The van der Waals surface area contributed by atoms with Crippen molar-refractivity contribution in [3.8, 4) is 6.07 Å². The molecule has 0 aromatic carbocycles. The van der Waals surface area contributed by atoms with Gasteiger partial charge < -0.3 is 5.11 Å². The molecule has 1 fully saturated rings. The molecule has 0 spiro atoms. The molecule has 0 bridgehead atoms. The molecule has 1 aromatic rings. The van der Waals surface area contributed by atoms with Crippen LogP contribution in [0.25, 0.3) is 0 Å². The van der Waals surface area contributed by atoms with Crippen molar-refractivity contribution < 1.29 is 5.11 Å². The van der Waals surface area contributed by atoms with Crippen LogP contribution in [0.2, 0.25) is 0 Å². The van der Waals surface area contributed by atoms with Crippen LogP contribution < -0.4 is 0 Å². The zero-order chi connectivity index (χ0) is 13.0. The van der Waals surface area contributed by atoms with Crippen LogP contribution in [0.1, 0.15) is 60.8 Å². The van der Waals surface area contributed by atoms with Gasteiger partial charge in [-0.3, -0.25) is 0 Å². The van der Waals surface area contributed by atoms with Crippen LogP contribution in [0.3, 0.4) is 0 Å². The fourth-order valence-electron chi connectivity index (χ4n) is 2.86. The normalized spacial score (nSPS) is 21.6. The van der Waals surface area contributed by atoms with Gasteiger partial charge in [-0.15, -0.1) is 11.3 Å². The molecular weight excluding hydrogens is 242 g/mol. The minimum Gasteiger partial charge on any atom is -0.386 e. The lowest BCUT2D eigenvalue weighted by Crippen LogP contribution is -2.28. The summed E-state index contributed by atoms with van der Waals surface area (Å²) in [6.07, 6.45) is 6.85. The molecule has 98 valence electrons. The van der Waals surface area contributed by atoms with Crippen molar-refractivity contribution in [1.82, 2.24) is 0 Å². The molecule has 0 saturated heterocycles. The highest BCUT2D eigenvalue weighted by molar-refractivity contribution is 7.12. The van der Waals surface area contributed by atoms with Gasteiger partial charge in [-0.2, -0.15) is 5.26 Å². The van der Waals surface area contributed by atoms with Crippen molar-refractivity contribution in [2.75, 3.05) is 0 Å². The van der Waals surface area contributed by atoms with Crippen LogP contribution in [-0.2, 0) is 0 Å². The Morgan fingerprint density at radius 2 is 1.83 bits per heavy atom. The third-order valence-electron chi connectivity index (χ3n) is 4.02. The SMILES string of the molecule is Cc1ccc(C(O)C2(C#N)CCCCCCC2)s1. The van der Waals surface area contributed by atoms with E-state index in [1.807, 2.05) is 19.1 Å². The first-order valence-corrected chi connectivity index (χ1v) is 7.65. The molecule has 0 radical (unpaired) electrons. The summed E-state index contributed by atoms with van der Waals surface area (Å²) in [7, 11) is 0. The Kier molecular flexibility index (Phi) is 4.42. The van der Waals surface area contributed by atoms with Gasteiger partial charge in [0, 0.05) is 9.75 Å². The van der Waals surface area contributed by atoms with Crippen molar-refractivity contribution in [2.24, 2.45) is 5.41 Å². The number of aliphatic hydroxyl groups excluding tert-OH is 1. The maximum absolute atomic E-state index is 10.6. The lowest BCUT2D eigenvalue weighted by Gasteiger charge is -2.32. The monoisotopic (exact) mass is 263 g/mol. The first kappa shape index (κ1) is 13.6. The third kappa shape index (κ3) is 2.76. The van der Waals surface area contributed by atoms with Crippen LogP contribution in [0.15, 0.2) is 12.1 Å². The van der Waals surface area contributed by atoms with E-state index in [1.165, 1.54) is 24.1 Å². The average molecular weight is 263 g/mol. The Morgan fingerprint density at radius 3 is 2.33 bits per heavy atom. The molecule has 1 atom stereocenters. The van der Waals surface area contributed by atoms with E-state index in [9.17, 15) is 10.4 Å². The number of nitriles is 1. The van der Waals surface area contributed by atoms with Gasteiger partial charge in [0.1, 0.15) is 6.10 Å². The second-order valence-electron chi connectivity index (χ2n) is 5.39. The van der Waals surface area contributed by atoms with E-state index in [1.54, 1.807) is 11.3 Å². The van der Waals surface area contributed by atoms with Gasteiger partial charge in [0.2, 0.25) is 0 Å². The van der Waals surface area contributed by atoms with Gasteiger partial charge in [0.15, 0.2) is 0 Å². The second-order valence-corrected chi connectivity index (χ2v) is 6.71. The van der Waals surface area contributed by atoms with Crippen LogP contribution in [0.4, 0.5) is 0 Å². The summed E-state index contributed by atoms with van der Waals surface area (Å²) in [6, 6.07) is 6.45. The maximum atomic E-state index is 10.6. The van der Waals surface area contributed by atoms with Gasteiger partial charge in [-0.05, 0) is 31.9 Å². The van der Waals surface area contributed by atoms with Crippen LogP contribution in [0, 0.1) is 23.7 Å². The summed E-state index contributed by atoms with van der Waals surface area (Å²) >= 11 is 1.61. The highest BCUT2D eigenvalue weighted by atomic mass is 32.1. The number of hydrogen-bond acceptors (Lipinski definition) is 3. The number of nitrogens with zero attached hydrogens (tertiary/aromatic N) is 1. The van der Waals surface area contributed by atoms with Crippen molar-refractivity contribution in [3.63, 3.8) is 0 Å². The zero-order valence-electron chi connectivity index (χ0n) is 11.0. The highest BCUT2D eigenvalue weighted by Crippen LogP contribution is 2.45. The molecule has 18 heavy (non-hydrogen) atoms. The topological polar surface area (TPSA) is 44.0 Å². The number of thiophene rings is 1. The van der Waals surface area contributed by atoms with Crippen LogP contribution in [-0.4, -0.2) is 5.11 Å². The molecule has 0 aliphatic heterocycles. The minimum atomic E-state index is -0.612. The highest BCUT2D eigenvalue weighted by Gasteiger charge is 2.39. The van der Waals surface area contributed by atoms with E-state index in [0.717, 1.165) is 30.6 Å². The van der Waals surface area contributed by atoms with Crippen molar-refractivity contribution in [2.45, 2.75) is 58.0 Å². The van der Waals surface area contributed by atoms with E-state index in [-0.39, 0.29) is 0 Å². The van der Waals surface area contributed by atoms with Gasteiger partial charge >= 0.3 is 0 Å². The molecule has 1 unspecified atom stereocenters. The number of hydrogen-bond donors (Lipinski definition) is 1. The molecule has 1 heterocycles. The molecule has 1 N–H and O–H groups in total. The second kappa shape index (κ2) is 5.86. The molecule has 1 aliphatic carbocycles. The molecule has 2 nitrogen and oxygen atoms in total. The summed E-state index contributed by atoms with van der Waals surface area (Å²) in [5.41, 5.74) is -0.558. The maximum Gasteiger partial charge on any atom is 0.107 e. The van der Waals surface area contributed by atoms with Crippen molar-refractivity contribution >= 4 is 11.3 Å². The molecular formula is C15H21NOS. The minimum absolute atomic E-state index is 0.558. The van der Waals surface area contributed by atoms with Crippen LogP contribution >= 0.6 is 11.3 Å². The number of aryl methyl sites for hydroxylation is 1.